The third-order valence-corrected chi connectivity index (χ3v) is 6.39. The van der Waals surface area contributed by atoms with Crippen LogP contribution in [0.4, 0.5) is 0 Å². The van der Waals surface area contributed by atoms with Crippen molar-refractivity contribution in [2.75, 3.05) is 0 Å². The van der Waals surface area contributed by atoms with Crippen LogP contribution in [0.3, 0.4) is 0 Å². The van der Waals surface area contributed by atoms with Gasteiger partial charge in [-0.05, 0) is 39.8 Å². The predicted octanol–water partition coefficient (Wildman–Crippen LogP) is 6.60. The molecule has 0 amide bonds. The number of hydrogen-bond acceptors (Lipinski definition) is 3. The van der Waals surface area contributed by atoms with Crippen molar-refractivity contribution >= 4 is 27.5 Å². The third kappa shape index (κ3) is 3.44. The van der Waals surface area contributed by atoms with Gasteiger partial charge < -0.3 is 0 Å². The van der Waals surface area contributed by atoms with Crippen molar-refractivity contribution in [2.45, 2.75) is 5.54 Å². The molecule has 0 fully saturated rings. The fraction of sp³-hybridized carbons (Fsp3) is 0.0385. The lowest BCUT2D eigenvalue weighted by Crippen LogP contribution is -2.39. The minimum absolute atomic E-state index is 0.637. The lowest BCUT2D eigenvalue weighted by atomic mass is 9.77. The zero-order chi connectivity index (χ0) is 22.0. The maximum atomic E-state index is 6.86. The Morgan fingerprint density at radius 1 is 0.688 bits per heavy atom. The number of aromatic nitrogens is 4. The van der Waals surface area contributed by atoms with Gasteiger partial charge in [-0.3, -0.25) is 0 Å². The summed E-state index contributed by atoms with van der Waals surface area (Å²) < 4.78 is 2.87. The summed E-state index contributed by atoms with van der Waals surface area (Å²) in [6.45, 7) is 0. The quantitative estimate of drug-likeness (QED) is 0.255. The van der Waals surface area contributed by atoms with Crippen LogP contribution in [0.5, 0.6) is 0 Å². The molecule has 4 nitrogen and oxygen atoms in total. The Morgan fingerprint density at radius 2 is 1.25 bits per heavy atom. The highest BCUT2D eigenvalue weighted by Crippen LogP contribution is 2.44. The molecule has 0 atom stereocenters. The van der Waals surface area contributed by atoms with Gasteiger partial charge in [0.25, 0.3) is 0 Å². The molecule has 32 heavy (non-hydrogen) atoms. The van der Waals surface area contributed by atoms with E-state index in [2.05, 4.69) is 55.7 Å². The second-order valence-corrected chi connectivity index (χ2v) is 8.67. The van der Waals surface area contributed by atoms with Gasteiger partial charge >= 0.3 is 0 Å². The van der Waals surface area contributed by atoms with Gasteiger partial charge in [0, 0.05) is 20.6 Å². The van der Waals surface area contributed by atoms with Gasteiger partial charge in [-0.15, -0.1) is 5.10 Å². The van der Waals surface area contributed by atoms with Gasteiger partial charge in [-0.25, -0.2) is 4.68 Å². The average molecular weight is 502 g/mol. The highest BCUT2D eigenvalue weighted by atomic mass is 79.9. The Labute approximate surface area is 199 Å². The summed E-state index contributed by atoms with van der Waals surface area (Å²) in [7, 11) is 0. The molecule has 0 spiro atoms. The van der Waals surface area contributed by atoms with Crippen LogP contribution in [0.2, 0.25) is 5.02 Å². The molecule has 0 radical (unpaired) electrons. The van der Waals surface area contributed by atoms with Crippen molar-refractivity contribution in [1.82, 2.24) is 20.2 Å². The second-order valence-electron chi connectivity index (χ2n) is 7.34. The van der Waals surface area contributed by atoms with E-state index >= 15 is 0 Å². The van der Waals surface area contributed by atoms with Crippen molar-refractivity contribution in [3.8, 4) is 11.4 Å². The largest absolute Gasteiger partial charge is 0.205 e. The minimum atomic E-state index is -0.882. The molecule has 5 rings (SSSR count). The van der Waals surface area contributed by atoms with Crippen LogP contribution >= 0.6 is 27.5 Å². The molecule has 0 aliphatic heterocycles. The Kier molecular flexibility index (Phi) is 5.60. The van der Waals surface area contributed by atoms with E-state index in [-0.39, 0.29) is 0 Å². The molecule has 0 aliphatic carbocycles. The van der Waals surface area contributed by atoms with Gasteiger partial charge in [0.2, 0.25) is 0 Å². The van der Waals surface area contributed by atoms with E-state index in [1.54, 1.807) is 0 Å². The third-order valence-electron chi connectivity index (χ3n) is 5.54. The maximum Gasteiger partial charge on any atom is 0.183 e. The molecule has 5 aromatic rings. The lowest BCUT2D eigenvalue weighted by Gasteiger charge is -2.36. The first kappa shape index (κ1) is 20.6. The van der Waals surface area contributed by atoms with Gasteiger partial charge in [0.05, 0.1) is 0 Å². The van der Waals surface area contributed by atoms with Crippen LogP contribution < -0.4 is 0 Å². The van der Waals surface area contributed by atoms with Crippen LogP contribution in [0.1, 0.15) is 16.7 Å². The van der Waals surface area contributed by atoms with Crippen LogP contribution in [0.25, 0.3) is 11.4 Å². The molecule has 0 saturated heterocycles. The molecule has 1 heterocycles. The van der Waals surface area contributed by atoms with Crippen molar-refractivity contribution < 1.29 is 0 Å². The van der Waals surface area contributed by atoms with Crippen LogP contribution in [-0.4, -0.2) is 20.2 Å². The molecule has 0 N–H and O–H groups in total. The molecule has 0 unspecified atom stereocenters. The zero-order valence-electron chi connectivity index (χ0n) is 16.9. The minimum Gasteiger partial charge on any atom is -0.205 e. The second kappa shape index (κ2) is 8.69. The monoisotopic (exact) mass is 500 g/mol. The van der Waals surface area contributed by atoms with Gasteiger partial charge in [0.15, 0.2) is 5.82 Å². The average Bonchev–Trinajstić information content (AvgIpc) is 3.33. The topological polar surface area (TPSA) is 43.6 Å². The molecule has 0 aliphatic rings. The molecular formula is C26H18BrClN4. The van der Waals surface area contributed by atoms with Crippen molar-refractivity contribution in [1.29, 1.82) is 0 Å². The molecule has 1 aromatic heterocycles. The molecule has 4 aromatic carbocycles. The van der Waals surface area contributed by atoms with Crippen LogP contribution in [0.15, 0.2) is 114 Å². The fourth-order valence-corrected chi connectivity index (χ4v) is 4.68. The number of benzene rings is 4. The van der Waals surface area contributed by atoms with E-state index in [1.807, 2.05) is 89.6 Å². The summed E-state index contributed by atoms with van der Waals surface area (Å²) in [4.78, 5) is 0. The summed E-state index contributed by atoms with van der Waals surface area (Å²) in [6.07, 6.45) is 0. The molecular weight excluding hydrogens is 484 g/mol. The van der Waals surface area contributed by atoms with E-state index in [1.165, 1.54) is 0 Å². The SMILES string of the molecule is Clc1ccccc1C(c1ccccc1)(c1ccccc1)n1nnnc1-c1ccc(Br)cc1. The number of hydrogen-bond donors (Lipinski definition) is 0. The number of rotatable bonds is 5. The van der Waals surface area contributed by atoms with E-state index < -0.39 is 5.54 Å². The fourth-order valence-electron chi connectivity index (χ4n) is 4.14. The molecule has 6 heteroatoms. The molecule has 156 valence electrons. The standard InChI is InChI=1S/C26H18BrClN4/c27-22-17-15-19(16-18-22)25-29-30-31-32(25)26(20-9-3-1-4-10-20,21-11-5-2-6-12-21)23-13-7-8-14-24(23)28/h1-18H. The van der Waals surface area contributed by atoms with Crippen LogP contribution in [0, 0.1) is 0 Å². The first-order valence-electron chi connectivity index (χ1n) is 10.1. The van der Waals surface area contributed by atoms with Crippen molar-refractivity contribution in [3.63, 3.8) is 0 Å². The highest BCUT2D eigenvalue weighted by molar-refractivity contribution is 9.10. The normalized spacial score (nSPS) is 11.4. The Balaban J connectivity index is 1.92. The summed E-state index contributed by atoms with van der Waals surface area (Å²) in [5, 5.41) is 13.7. The summed E-state index contributed by atoms with van der Waals surface area (Å²) in [6, 6.07) is 36.3. The van der Waals surface area contributed by atoms with E-state index in [0.717, 1.165) is 26.7 Å². The first-order chi connectivity index (χ1) is 15.7. The summed E-state index contributed by atoms with van der Waals surface area (Å²) in [5.41, 5.74) is 2.92. The summed E-state index contributed by atoms with van der Waals surface area (Å²) in [5.74, 6) is 0.644. The molecule has 0 saturated carbocycles. The maximum absolute atomic E-state index is 6.86. The van der Waals surface area contributed by atoms with E-state index in [9.17, 15) is 0 Å². The lowest BCUT2D eigenvalue weighted by molar-refractivity contribution is 0.451. The first-order valence-corrected chi connectivity index (χ1v) is 11.3. The highest BCUT2D eigenvalue weighted by Gasteiger charge is 2.43. The number of halogens is 2. The summed E-state index contributed by atoms with van der Waals surface area (Å²) >= 11 is 10.4. The van der Waals surface area contributed by atoms with Crippen LogP contribution in [-0.2, 0) is 5.54 Å². The Hall–Kier alpha value is -3.28. The number of nitrogens with zero attached hydrogens (tertiary/aromatic N) is 4. The Bertz CT molecular complexity index is 1300. The smallest absolute Gasteiger partial charge is 0.183 e. The van der Waals surface area contributed by atoms with E-state index in [0.29, 0.717) is 10.8 Å². The predicted molar refractivity (Wildman–Crippen MR) is 131 cm³/mol. The Morgan fingerprint density at radius 3 is 1.84 bits per heavy atom. The zero-order valence-corrected chi connectivity index (χ0v) is 19.3. The van der Waals surface area contributed by atoms with E-state index in [4.69, 9.17) is 11.6 Å². The van der Waals surface area contributed by atoms with Crippen molar-refractivity contribution in [3.05, 3.63) is 135 Å². The van der Waals surface area contributed by atoms with Gasteiger partial charge in [-0.1, -0.05) is 119 Å². The number of tetrazole rings is 1. The molecule has 0 bridgehead atoms. The van der Waals surface area contributed by atoms with Crippen molar-refractivity contribution in [2.24, 2.45) is 0 Å². The van der Waals surface area contributed by atoms with Gasteiger partial charge in [-0.2, -0.15) is 0 Å². The van der Waals surface area contributed by atoms with Gasteiger partial charge in [0.1, 0.15) is 5.54 Å².